The summed E-state index contributed by atoms with van der Waals surface area (Å²) in [4.78, 5) is 11.4. The number of allylic oxidation sites excluding steroid dienone is 1. The smallest absolute Gasteiger partial charge is 0.224 e. The van der Waals surface area contributed by atoms with Gasteiger partial charge in [0.25, 0.3) is 0 Å². The molecule has 74 valence electrons. The van der Waals surface area contributed by atoms with Crippen molar-refractivity contribution in [3.8, 4) is 0 Å². The zero-order valence-corrected chi connectivity index (χ0v) is 8.39. The average Bonchev–Trinajstić information content (AvgIpc) is 2.55. The molecule has 1 heterocycles. The molecule has 3 nitrogen and oxygen atoms in total. The highest BCUT2D eigenvalue weighted by Crippen LogP contribution is 2.06. The quantitative estimate of drug-likeness (QED) is 0.630. The van der Waals surface area contributed by atoms with Crippen LogP contribution in [0.5, 0.6) is 0 Å². The van der Waals surface area contributed by atoms with Crippen LogP contribution < -0.4 is 10.6 Å². The average molecular weight is 182 g/mol. The van der Waals surface area contributed by atoms with Crippen molar-refractivity contribution in [3.05, 3.63) is 11.6 Å². The first-order valence-electron chi connectivity index (χ1n) is 4.82. The van der Waals surface area contributed by atoms with Crippen molar-refractivity contribution in [1.29, 1.82) is 0 Å². The van der Waals surface area contributed by atoms with Gasteiger partial charge in [0.2, 0.25) is 5.91 Å². The molecule has 13 heavy (non-hydrogen) atoms. The van der Waals surface area contributed by atoms with Crippen molar-refractivity contribution in [2.24, 2.45) is 5.92 Å². The molecule has 1 atom stereocenters. The Labute approximate surface area is 79.6 Å². The lowest BCUT2D eigenvalue weighted by Crippen LogP contribution is -2.31. The molecule has 0 radical (unpaired) electrons. The van der Waals surface area contributed by atoms with E-state index >= 15 is 0 Å². The molecule has 2 N–H and O–H groups in total. The van der Waals surface area contributed by atoms with Crippen LogP contribution in [0, 0.1) is 5.92 Å². The fourth-order valence-electron chi connectivity index (χ4n) is 1.38. The van der Waals surface area contributed by atoms with Crippen LogP contribution in [-0.2, 0) is 4.79 Å². The fourth-order valence-corrected chi connectivity index (χ4v) is 1.38. The molecule has 1 aliphatic rings. The summed E-state index contributed by atoms with van der Waals surface area (Å²) in [5, 5.41) is 6.08. The summed E-state index contributed by atoms with van der Waals surface area (Å²) in [6, 6.07) is 0. The minimum atomic E-state index is 0.183. The molecule has 1 saturated heterocycles. The van der Waals surface area contributed by atoms with Gasteiger partial charge in [-0.1, -0.05) is 11.6 Å². The molecule has 0 aromatic rings. The predicted octanol–water partition coefficient (Wildman–Crippen LogP) is 0.678. The van der Waals surface area contributed by atoms with Gasteiger partial charge in [0.1, 0.15) is 0 Å². The van der Waals surface area contributed by atoms with Gasteiger partial charge >= 0.3 is 0 Å². The maximum atomic E-state index is 11.4. The van der Waals surface area contributed by atoms with E-state index in [1.54, 1.807) is 0 Å². The Morgan fingerprint density at radius 2 is 2.38 bits per heavy atom. The highest BCUT2D eigenvalue weighted by Gasteiger charge is 2.21. The second-order valence-electron chi connectivity index (χ2n) is 3.72. The van der Waals surface area contributed by atoms with Gasteiger partial charge in [-0.2, -0.15) is 0 Å². The van der Waals surface area contributed by atoms with Crippen LogP contribution in [0.15, 0.2) is 11.6 Å². The molecule has 1 rings (SSSR count). The van der Waals surface area contributed by atoms with Crippen molar-refractivity contribution >= 4 is 5.91 Å². The van der Waals surface area contributed by atoms with E-state index < -0.39 is 0 Å². The minimum Gasteiger partial charge on any atom is -0.352 e. The van der Waals surface area contributed by atoms with Gasteiger partial charge in [0, 0.05) is 13.1 Å². The Kier molecular flexibility index (Phi) is 3.96. The Balaban J connectivity index is 2.21. The third-order valence-electron chi connectivity index (χ3n) is 2.22. The van der Waals surface area contributed by atoms with Crippen LogP contribution in [-0.4, -0.2) is 25.5 Å². The van der Waals surface area contributed by atoms with Crippen LogP contribution >= 0.6 is 0 Å². The highest BCUT2D eigenvalue weighted by atomic mass is 16.1. The molecule has 0 aromatic carbocycles. The summed E-state index contributed by atoms with van der Waals surface area (Å²) in [6.45, 7) is 6.53. The van der Waals surface area contributed by atoms with Crippen molar-refractivity contribution in [2.45, 2.75) is 20.3 Å². The summed E-state index contributed by atoms with van der Waals surface area (Å²) in [6.07, 6.45) is 3.00. The first-order valence-corrected chi connectivity index (χ1v) is 4.82. The number of rotatable bonds is 3. The molecular formula is C10H18N2O. The fraction of sp³-hybridized carbons (Fsp3) is 0.700. The maximum absolute atomic E-state index is 11.4. The molecule has 0 bridgehead atoms. The predicted molar refractivity (Wildman–Crippen MR) is 53.4 cm³/mol. The van der Waals surface area contributed by atoms with Crippen LogP contribution in [0.1, 0.15) is 20.3 Å². The van der Waals surface area contributed by atoms with Gasteiger partial charge < -0.3 is 10.6 Å². The van der Waals surface area contributed by atoms with E-state index in [0.717, 1.165) is 19.5 Å². The standard InChI is InChI=1S/C10H18N2O/c1-8(2)3-6-12-10(13)9-4-5-11-7-9/h3,9,11H,4-7H2,1-2H3,(H,12,13). The highest BCUT2D eigenvalue weighted by molar-refractivity contribution is 5.79. The number of nitrogens with one attached hydrogen (secondary N) is 2. The molecule has 0 saturated carbocycles. The topological polar surface area (TPSA) is 41.1 Å². The Hall–Kier alpha value is -0.830. The number of hydrogen-bond acceptors (Lipinski definition) is 2. The van der Waals surface area contributed by atoms with Gasteiger partial charge in [0.15, 0.2) is 0 Å². The Morgan fingerprint density at radius 3 is 2.92 bits per heavy atom. The van der Waals surface area contributed by atoms with Gasteiger partial charge in [-0.3, -0.25) is 4.79 Å². The van der Waals surface area contributed by atoms with Crippen molar-refractivity contribution in [2.75, 3.05) is 19.6 Å². The van der Waals surface area contributed by atoms with E-state index in [2.05, 4.69) is 10.6 Å². The molecular weight excluding hydrogens is 164 g/mol. The van der Waals surface area contributed by atoms with E-state index in [-0.39, 0.29) is 11.8 Å². The van der Waals surface area contributed by atoms with E-state index in [0.29, 0.717) is 6.54 Å². The zero-order chi connectivity index (χ0) is 9.68. The number of carbonyl (C=O) groups excluding carboxylic acids is 1. The lowest BCUT2D eigenvalue weighted by atomic mass is 10.1. The van der Waals surface area contributed by atoms with Gasteiger partial charge in [-0.15, -0.1) is 0 Å². The monoisotopic (exact) mass is 182 g/mol. The van der Waals surface area contributed by atoms with Crippen molar-refractivity contribution < 1.29 is 4.79 Å². The second-order valence-corrected chi connectivity index (χ2v) is 3.72. The largest absolute Gasteiger partial charge is 0.352 e. The summed E-state index contributed by atoms with van der Waals surface area (Å²) in [7, 11) is 0. The third kappa shape index (κ3) is 3.59. The van der Waals surface area contributed by atoms with Crippen LogP contribution in [0.4, 0.5) is 0 Å². The molecule has 0 aliphatic carbocycles. The molecule has 1 fully saturated rings. The van der Waals surface area contributed by atoms with E-state index in [4.69, 9.17) is 0 Å². The molecule has 3 heteroatoms. The molecule has 0 spiro atoms. The van der Waals surface area contributed by atoms with E-state index in [1.165, 1.54) is 5.57 Å². The summed E-state index contributed by atoms with van der Waals surface area (Å²) in [5.74, 6) is 0.369. The summed E-state index contributed by atoms with van der Waals surface area (Å²) < 4.78 is 0. The van der Waals surface area contributed by atoms with Crippen molar-refractivity contribution in [3.63, 3.8) is 0 Å². The molecule has 1 unspecified atom stereocenters. The zero-order valence-electron chi connectivity index (χ0n) is 8.39. The number of carbonyl (C=O) groups is 1. The first kappa shape index (κ1) is 10.3. The van der Waals surface area contributed by atoms with Crippen LogP contribution in [0.25, 0.3) is 0 Å². The Bertz CT molecular complexity index is 201. The summed E-state index contributed by atoms with van der Waals surface area (Å²) >= 11 is 0. The lowest BCUT2D eigenvalue weighted by molar-refractivity contribution is -0.124. The van der Waals surface area contributed by atoms with Gasteiger partial charge in [0.05, 0.1) is 5.92 Å². The SMILES string of the molecule is CC(C)=CCNC(=O)C1CCNC1. The third-order valence-corrected chi connectivity index (χ3v) is 2.22. The van der Waals surface area contributed by atoms with Crippen molar-refractivity contribution in [1.82, 2.24) is 10.6 Å². The molecule has 0 aromatic heterocycles. The molecule has 1 amide bonds. The maximum Gasteiger partial charge on any atom is 0.224 e. The first-order chi connectivity index (χ1) is 6.20. The van der Waals surface area contributed by atoms with Gasteiger partial charge in [-0.25, -0.2) is 0 Å². The van der Waals surface area contributed by atoms with E-state index in [1.807, 2.05) is 19.9 Å². The van der Waals surface area contributed by atoms with Gasteiger partial charge in [-0.05, 0) is 26.8 Å². The summed E-state index contributed by atoms with van der Waals surface area (Å²) in [5.41, 5.74) is 1.24. The lowest BCUT2D eigenvalue weighted by Gasteiger charge is -2.07. The number of amides is 1. The Morgan fingerprint density at radius 1 is 1.62 bits per heavy atom. The second kappa shape index (κ2) is 5.02. The normalized spacial score (nSPS) is 21.2. The van der Waals surface area contributed by atoms with E-state index in [9.17, 15) is 4.79 Å². The molecule has 1 aliphatic heterocycles. The van der Waals surface area contributed by atoms with Crippen LogP contribution in [0.2, 0.25) is 0 Å². The van der Waals surface area contributed by atoms with Crippen LogP contribution in [0.3, 0.4) is 0 Å². The number of hydrogen-bond donors (Lipinski definition) is 2. The minimum absolute atomic E-state index is 0.183.